The van der Waals surface area contributed by atoms with Crippen LogP contribution in [0.3, 0.4) is 0 Å². The fraction of sp³-hybridized carbons (Fsp3) is 0.417. The lowest BCUT2D eigenvalue weighted by Gasteiger charge is -2.02. The predicted octanol–water partition coefficient (Wildman–Crippen LogP) is 2.18. The van der Waals surface area contributed by atoms with Gasteiger partial charge in [0.15, 0.2) is 0 Å². The molecule has 0 bridgehead atoms. The molecule has 0 aromatic carbocycles. The number of hydrogen-bond acceptors (Lipinski definition) is 3. The fourth-order valence-electron chi connectivity index (χ4n) is 1.16. The number of carbonyl (C=O) groups is 1. The molecule has 0 unspecified atom stereocenters. The second-order valence-electron chi connectivity index (χ2n) is 3.84. The third-order valence-corrected chi connectivity index (χ3v) is 2.74. The highest BCUT2D eigenvalue weighted by Crippen LogP contribution is 2.36. The maximum Gasteiger partial charge on any atom is 0.330 e. The number of esters is 1. The lowest BCUT2D eigenvalue weighted by molar-refractivity contribution is -0.137. The molecule has 0 atom stereocenters. The molecule has 0 radical (unpaired) electrons. The highest BCUT2D eigenvalue weighted by atomic mass is 31.2. The Kier molecular flexibility index (Phi) is 7.51. The van der Waals surface area contributed by atoms with E-state index in [4.69, 9.17) is 14.5 Å². The Morgan fingerprint density at radius 2 is 1.94 bits per heavy atom. The molecule has 5 nitrogen and oxygen atoms in total. The van der Waals surface area contributed by atoms with Gasteiger partial charge in [-0.2, -0.15) is 0 Å². The van der Waals surface area contributed by atoms with Crippen LogP contribution >= 0.6 is 7.60 Å². The van der Waals surface area contributed by atoms with Crippen LogP contribution in [-0.2, 0) is 14.1 Å². The van der Waals surface area contributed by atoms with Crippen LogP contribution in [0.25, 0.3) is 0 Å². The van der Waals surface area contributed by atoms with Crippen LogP contribution in [0.15, 0.2) is 35.5 Å². The van der Waals surface area contributed by atoms with Crippen LogP contribution in [0.5, 0.6) is 0 Å². The van der Waals surface area contributed by atoms with Gasteiger partial charge in [0, 0.05) is 6.08 Å². The predicted molar refractivity (Wildman–Crippen MR) is 70.2 cm³/mol. The molecule has 0 spiro atoms. The van der Waals surface area contributed by atoms with Crippen molar-refractivity contribution in [3.63, 3.8) is 0 Å². The van der Waals surface area contributed by atoms with E-state index in [1.165, 1.54) is 6.08 Å². The minimum absolute atomic E-state index is 0.266. The van der Waals surface area contributed by atoms with E-state index < -0.39 is 13.6 Å². The normalized spacial score (nSPS) is 14.1. The highest BCUT2D eigenvalue weighted by molar-refractivity contribution is 7.52. The Morgan fingerprint density at radius 3 is 2.44 bits per heavy atom. The summed E-state index contributed by atoms with van der Waals surface area (Å²) in [5.74, 6) is -0.407. The highest BCUT2D eigenvalue weighted by Gasteiger charge is 2.12. The van der Waals surface area contributed by atoms with Crippen LogP contribution in [-0.4, -0.2) is 28.5 Å². The standard InChI is InChI=1S/C12H19O5P/c1-4-17-12(13)8-10(2)6-5-7-11(3)9-18(14,15)16/h5-8H,4,9H2,1-3H3,(H2,14,15,16)/b6-5?,10-8?,11-7+. The minimum Gasteiger partial charge on any atom is -0.463 e. The summed E-state index contributed by atoms with van der Waals surface area (Å²) >= 11 is 0. The van der Waals surface area contributed by atoms with Gasteiger partial charge in [-0.05, 0) is 26.3 Å². The SMILES string of the molecule is CCOC(=O)C=C(C)C=C/C=C(\C)CP(=O)(O)O. The number of allylic oxidation sites excluding steroid dienone is 5. The van der Waals surface area contributed by atoms with Gasteiger partial charge >= 0.3 is 13.6 Å². The van der Waals surface area contributed by atoms with E-state index in [0.29, 0.717) is 17.8 Å². The molecule has 6 heteroatoms. The zero-order valence-electron chi connectivity index (χ0n) is 10.8. The van der Waals surface area contributed by atoms with Crippen molar-refractivity contribution in [2.45, 2.75) is 20.8 Å². The molecule has 18 heavy (non-hydrogen) atoms. The van der Waals surface area contributed by atoms with Gasteiger partial charge < -0.3 is 14.5 Å². The zero-order valence-corrected chi connectivity index (χ0v) is 11.7. The van der Waals surface area contributed by atoms with Gasteiger partial charge in [0.2, 0.25) is 0 Å². The Labute approximate surface area is 107 Å². The fourth-order valence-corrected chi connectivity index (χ4v) is 1.91. The summed E-state index contributed by atoms with van der Waals surface area (Å²) in [6.45, 7) is 5.42. The van der Waals surface area contributed by atoms with Crippen LogP contribution in [0.2, 0.25) is 0 Å². The number of carbonyl (C=O) groups excluding carboxylic acids is 1. The van der Waals surface area contributed by atoms with Gasteiger partial charge in [0.05, 0.1) is 12.8 Å². The maximum atomic E-state index is 11.1. The average Bonchev–Trinajstić information content (AvgIpc) is 2.14. The van der Waals surface area contributed by atoms with E-state index in [0.717, 1.165) is 0 Å². The average molecular weight is 274 g/mol. The molecule has 0 saturated heterocycles. The van der Waals surface area contributed by atoms with Crippen LogP contribution in [0.1, 0.15) is 20.8 Å². The van der Waals surface area contributed by atoms with Crippen molar-refractivity contribution in [2.24, 2.45) is 0 Å². The molecule has 0 aromatic rings. The molecule has 0 heterocycles. The maximum absolute atomic E-state index is 11.1. The first-order chi connectivity index (χ1) is 8.24. The molecule has 0 aliphatic carbocycles. The van der Waals surface area contributed by atoms with E-state index in [-0.39, 0.29) is 6.16 Å². The van der Waals surface area contributed by atoms with Crippen molar-refractivity contribution >= 4 is 13.6 Å². The largest absolute Gasteiger partial charge is 0.463 e. The van der Waals surface area contributed by atoms with Gasteiger partial charge in [-0.3, -0.25) is 4.57 Å². The second-order valence-corrected chi connectivity index (χ2v) is 5.48. The summed E-state index contributed by atoms with van der Waals surface area (Å²) in [6.07, 6.45) is 5.99. The number of ether oxygens (including phenoxy) is 1. The molecular weight excluding hydrogens is 255 g/mol. The van der Waals surface area contributed by atoms with Crippen LogP contribution < -0.4 is 0 Å². The molecule has 0 amide bonds. The molecule has 2 N–H and O–H groups in total. The molecular formula is C12H19O5P. The zero-order chi connectivity index (χ0) is 14.2. The van der Waals surface area contributed by atoms with Crippen LogP contribution in [0.4, 0.5) is 0 Å². The van der Waals surface area contributed by atoms with Crippen molar-refractivity contribution in [2.75, 3.05) is 12.8 Å². The van der Waals surface area contributed by atoms with E-state index in [9.17, 15) is 9.36 Å². The second kappa shape index (κ2) is 8.03. The monoisotopic (exact) mass is 274 g/mol. The van der Waals surface area contributed by atoms with E-state index in [1.54, 1.807) is 39.0 Å². The molecule has 0 aromatic heterocycles. The Morgan fingerprint density at radius 1 is 1.33 bits per heavy atom. The van der Waals surface area contributed by atoms with Gasteiger partial charge in [-0.1, -0.05) is 23.8 Å². The smallest absolute Gasteiger partial charge is 0.330 e. The van der Waals surface area contributed by atoms with E-state index >= 15 is 0 Å². The number of rotatable bonds is 6. The molecule has 0 rings (SSSR count). The van der Waals surface area contributed by atoms with Gasteiger partial charge in [0.25, 0.3) is 0 Å². The summed E-state index contributed by atoms with van der Waals surface area (Å²) in [5.41, 5.74) is 1.28. The third kappa shape index (κ3) is 10.0. The molecule has 0 aliphatic heterocycles. The van der Waals surface area contributed by atoms with E-state index in [1.807, 2.05) is 0 Å². The van der Waals surface area contributed by atoms with Gasteiger partial charge in [0.1, 0.15) is 0 Å². The number of hydrogen-bond donors (Lipinski definition) is 2. The van der Waals surface area contributed by atoms with Crippen molar-refractivity contribution in [3.05, 3.63) is 35.5 Å². The van der Waals surface area contributed by atoms with Crippen molar-refractivity contribution in [3.8, 4) is 0 Å². The van der Waals surface area contributed by atoms with Crippen LogP contribution in [0, 0.1) is 0 Å². The van der Waals surface area contributed by atoms with Crippen molar-refractivity contribution in [1.29, 1.82) is 0 Å². The summed E-state index contributed by atoms with van der Waals surface area (Å²) in [4.78, 5) is 28.6. The first-order valence-electron chi connectivity index (χ1n) is 5.48. The summed E-state index contributed by atoms with van der Waals surface area (Å²) in [7, 11) is -4.01. The van der Waals surface area contributed by atoms with Crippen molar-refractivity contribution in [1.82, 2.24) is 0 Å². The van der Waals surface area contributed by atoms with Crippen molar-refractivity contribution < 1.29 is 23.9 Å². The lowest BCUT2D eigenvalue weighted by atomic mass is 10.2. The topological polar surface area (TPSA) is 83.8 Å². The molecule has 102 valence electrons. The quantitative estimate of drug-likeness (QED) is 0.335. The Bertz CT molecular complexity index is 414. The minimum atomic E-state index is -4.01. The Balaban J connectivity index is 4.44. The first kappa shape index (κ1) is 16.8. The first-order valence-corrected chi connectivity index (χ1v) is 7.28. The molecule has 0 saturated carbocycles. The summed E-state index contributed by atoms with van der Waals surface area (Å²) in [5, 5.41) is 0. The lowest BCUT2D eigenvalue weighted by Crippen LogP contribution is -1.99. The van der Waals surface area contributed by atoms with E-state index in [2.05, 4.69) is 0 Å². The Hall–Kier alpha value is -1.16. The van der Waals surface area contributed by atoms with Gasteiger partial charge in [-0.15, -0.1) is 0 Å². The molecule has 0 fully saturated rings. The summed E-state index contributed by atoms with van der Waals surface area (Å²) < 4.78 is 15.5. The molecule has 0 aliphatic rings. The van der Waals surface area contributed by atoms with Gasteiger partial charge in [-0.25, -0.2) is 4.79 Å². The summed E-state index contributed by atoms with van der Waals surface area (Å²) in [6, 6.07) is 0. The third-order valence-electron chi connectivity index (χ3n) is 1.83.